The molecule has 7 heteroatoms. The average Bonchev–Trinajstić information content (AvgIpc) is 3.10. The number of phenols is 1. The molecule has 1 amide bonds. The SMILES string of the molecule is CN(C)C(=O)[C@H]1C[NH+]2CC[C@H]1C[C@@H]2Cn1cc(-c2cccc(O)c2)nn1. The van der Waals surface area contributed by atoms with Crippen molar-refractivity contribution in [3.05, 3.63) is 30.5 Å². The molecule has 4 heterocycles. The van der Waals surface area contributed by atoms with Crippen LogP contribution in [0.1, 0.15) is 12.8 Å². The lowest BCUT2D eigenvalue weighted by atomic mass is 9.75. The summed E-state index contributed by atoms with van der Waals surface area (Å²) >= 11 is 0. The number of phenolic OH excluding ortho intramolecular Hbond substituents is 1. The number of rotatable bonds is 4. The van der Waals surface area contributed by atoms with Crippen LogP contribution in [0.3, 0.4) is 0 Å². The molecule has 26 heavy (non-hydrogen) atoms. The minimum Gasteiger partial charge on any atom is -0.508 e. The van der Waals surface area contributed by atoms with Crippen molar-refractivity contribution < 1.29 is 14.8 Å². The van der Waals surface area contributed by atoms with Crippen molar-refractivity contribution in [1.29, 1.82) is 0 Å². The third-order valence-electron chi connectivity index (χ3n) is 5.90. The lowest BCUT2D eigenvalue weighted by Crippen LogP contribution is -3.20. The fourth-order valence-corrected chi connectivity index (χ4v) is 4.54. The molecular formula is C19H26N5O2+. The van der Waals surface area contributed by atoms with Gasteiger partial charge in [0, 0.05) is 32.5 Å². The maximum absolute atomic E-state index is 12.4. The van der Waals surface area contributed by atoms with Gasteiger partial charge in [0.15, 0.2) is 0 Å². The van der Waals surface area contributed by atoms with Gasteiger partial charge in [-0.25, -0.2) is 4.68 Å². The molecule has 7 nitrogen and oxygen atoms in total. The summed E-state index contributed by atoms with van der Waals surface area (Å²) in [6.45, 7) is 2.89. The molecule has 0 spiro atoms. The van der Waals surface area contributed by atoms with E-state index in [1.807, 2.05) is 37.1 Å². The molecule has 3 saturated heterocycles. The average molecular weight is 356 g/mol. The van der Waals surface area contributed by atoms with E-state index >= 15 is 0 Å². The van der Waals surface area contributed by atoms with E-state index in [0.29, 0.717) is 12.0 Å². The number of quaternary nitrogens is 1. The Hall–Kier alpha value is -2.41. The van der Waals surface area contributed by atoms with Gasteiger partial charge >= 0.3 is 0 Å². The molecule has 3 aliphatic heterocycles. The highest BCUT2D eigenvalue weighted by Crippen LogP contribution is 2.29. The molecule has 0 saturated carbocycles. The number of aromatic hydroxyl groups is 1. The molecule has 5 rings (SSSR count). The zero-order valence-corrected chi connectivity index (χ0v) is 15.3. The van der Waals surface area contributed by atoms with E-state index in [9.17, 15) is 9.90 Å². The second-order valence-corrected chi connectivity index (χ2v) is 7.81. The Labute approximate surface area is 153 Å². The molecular weight excluding hydrogens is 330 g/mol. The Bertz CT molecular complexity index is 803. The van der Waals surface area contributed by atoms with E-state index in [-0.39, 0.29) is 17.6 Å². The Morgan fingerprint density at radius 3 is 2.96 bits per heavy atom. The fraction of sp³-hybridized carbons (Fsp3) is 0.526. The highest BCUT2D eigenvalue weighted by molar-refractivity contribution is 5.78. The summed E-state index contributed by atoms with van der Waals surface area (Å²) in [6, 6.07) is 7.56. The van der Waals surface area contributed by atoms with Crippen LogP contribution >= 0.6 is 0 Å². The monoisotopic (exact) mass is 356 g/mol. The maximum atomic E-state index is 12.4. The first-order chi connectivity index (χ1) is 12.5. The lowest BCUT2D eigenvalue weighted by molar-refractivity contribution is -0.945. The Morgan fingerprint density at radius 1 is 1.42 bits per heavy atom. The van der Waals surface area contributed by atoms with E-state index in [1.54, 1.807) is 17.0 Å². The van der Waals surface area contributed by atoms with E-state index in [0.717, 1.165) is 43.7 Å². The smallest absolute Gasteiger partial charge is 0.231 e. The molecule has 1 unspecified atom stereocenters. The van der Waals surface area contributed by atoms with Gasteiger partial charge in [-0.3, -0.25) is 4.79 Å². The third kappa shape index (κ3) is 3.19. The lowest BCUT2D eigenvalue weighted by Gasteiger charge is -2.46. The van der Waals surface area contributed by atoms with Crippen molar-refractivity contribution in [3.8, 4) is 17.0 Å². The van der Waals surface area contributed by atoms with Gasteiger partial charge in [-0.2, -0.15) is 0 Å². The molecule has 1 aromatic heterocycles. The highest BCUT2D eigenvalue weighted by Gasteiger charge is 2.47. The number of nitrogens with zero attached hydrogens (tertiary/aromatic N) is 4. The molecule has 2 bridgehead atoms. The number of nitrogens with one attached hydrogen (secondary N) is 1. The second kappa shape index (κ2) is 6.72. The maximum Gasteiger partial charge on any atom is 0.231 e. The Morgan fingerprint density at radius 2 is 2.27 bits per heavy atom. The Balaban J connectivity index is 1.44. The first-order valence-electron chi connectivity index (χ1n) is 9.26. The number of carbonyl (C=O) groups excluding carboxylic acids is 1. The van der Waals surface area contributed by atoms with Gasteiger partial charge in [-0.05, 0) is 18.1 Å². The number of hydrogen-bond acceptors (Lipinski definition) is 4. The summed E-state index contributed by atoms with van der Waals surface area (Å²) in [5.74, 6) is 1.16. The number of fused-ring (bicyclic) bond motifs is 3. The predicted octanol–water partition coefficient (Wildman–Crippen LogP) is 0.0322. The van der Waals surface area contributed by atoms with Crippen LogP contribution in [0.2, 0.25) is 0 Å². The fourth-order valence-electron chi connectivity index (χ4n) is 4.54. The van der Waals surface area contributed by atoms with Crippen LogP contribution in [0.15, 0.2) is 30.5 Å². The van der Waals surface area contributed by atoms with Crippen LogP contribution in [-0.2, 0) is 11.3 Å². The molecule has 0 aliphatic carbocycles. The Kier molecular flexibility index (Phi) is 4.40. The van der Waals surface area contributed by atoms with Gasteiger partial charge in [0.1, 0.15) is 17.5 Å². The van der Waals surface area contributed by atoms with Crippen molar-refractivity contribution in [2.45, 2.75) is 25.4 Å². The molecule has 138 valence electrons. The summed E-state index contributed by atoms with van der Waals surface area (Å²) < 4.78 is 1.90. The van der Waals surface area contributed by atoms with Gasteiger partial charge in [0.25, 0.3) is 0 Å². The number of carbonyl (C=O) groups is 1. The first kappa shape index (κ1) is 17.0. The number of amides is 1. The summed E-state index contributed by atoms with van der Waals surface area (Å²) in [6.07, 6.45) is 4.16. The van der Waals surface area contributed by atoms with Crippen LogP contribution < -0.4 is 4.90 Å². The predicted molar refractivity (Wildman–Crippen MR) is 96.5 cm³/mol. The van der Waals surface area contributed by atoms with Crippen LogP contribution in [0.25, 0.3) is 11.3 Å². The van der Waals surface area contributed by atoms with Crippen LogP contribution in [0.5, 0.6) is 5.75 Å². The molecule has 2 N–H and O–H groups in total. The minimum absolute atomic E-state index is 0.170. The summed E-state index contributed by atoms with van der Waals surface area (Å²) in [5, 5.41) is 18.2. The van der Waals surface area contributed by atoms with Gasteiger partial charge in [-0.15, -0.1) is 5.10 Å². The topological polar surface area (TPSA) is 75.7 Å². The van der Waals surface area contributed by atoms with Crippen molar-refractivity contribution >= 4 is 5.91 Å². The van der Waals surface area contributed by atoms with Crippen molar-refractivity contribution in [1.82, 2.24) is 19.9 Å². The number of hydrogen-bond donors (Lipinski definition) is 2. The van der Waals surface area contributed by atoms with Gasteiger partial charge in [0.05, 0.1) is 31.7 Å². The normalized spacial score (nSPS) is 27.5. The summed E-state index contributed by atoms with van der Waals surface area (Å²) in [5.41, 5.74) is 1.64. The first-order valence-corrected chi connectivity index (χ1v) is 9.26. The molecule has 4 atom stereocenters. The van der Waals surface area contributed by atoms with E-state index in [2.05, 4.69) is 10.3 Å². The third-order valence-corrected chi connectivity index (χ3v) is 5.90. The van der Waals surface area contributed by atoms with E-state index in [4.69, 9.17) is 0 Å². The highest BCUT2D eigenvalue weighted by atomic mass is 16.3. The standard InChI is InChI=1S/C19H25N5O2/c1-22(2)19(26)17-11-23-7-6-13(17)8-15(23)10-24-12-18(20-21-24)14-4-3-5-16(25)9-14/h3-5,9,12-13,15,17,25H,6-8,10-11H2,1-2H3/p+1/t13-,15+,17-/m0/s1. The van der Waals surface area contributed by atoms with Crippen LogP contribution in [0, 0.1) is 11.8 Å². The zero-order valence-electron chi connectivity index (χ0n) is 15.3. The van der Waals surface area contributed by atoms with Crippen LogP contribution in [0.4, 0.5) is 0 Å². The number of benzene rings is 1. The molecule has 3 fully saturated rings. The van der Waals surface area contributed by atoms with Gasteiger partial charge < -0.3 is 14.9 Å². The second-order valence-electron chi connectivity index (χ2n) is 7.81. The quantitative estimate of drug-likeness (QED) is 0.811. The van der Waals surface area contributed by atoms with Crippen molar-refractivity contribution in [2.75, 3.05) is 27.2 Å². The molecule has 1 aromatic carbocycles. The van der Waals surface area contributed by atoms with Crippen molar-refractivity contribution in [2.24, 2.45) is 11.8 Å². The number of piperidine rings is 3. The molecule has 3 aliphatic rings. The van der Waals surface area contributed by atoms with Gasteiger partial charge in [0.2, 0.25) is 5.91 Å². The summed E-state index contributed by atoms with van der Waals surface area (Å²) in [4.78, 5) is 15.7. The summed E-state index contributed by atoms with van der Waals surface area (Å²) in [7, 11) is 3.70. The van der Waals surface area contributed by atoms with Crippen LogP contribution in [-0.4, -0.2) is 64.1 Å². The minimum atomic E-state index is 0.170. The molecule has 2 aromatic rings. The van der Waals surface area contributed by atoms with Crippen molar-refractivity contribution in [3.63, 3.8) is 0 Å². The van der Waals surface area contributed by atoms with E-state index < -0.39 is 0 Å². The number of aromatic nitrogens is 3. The van der Waals surface area contributed by atoms with Gasteiger partial charge in [-0.1, -0.05) is 17.3 Å². The van der Waals surface area contributed by atoms with E-state index in [1.165, 1.54) is 4.90 Å². The largest absolute Gasteiger partial charge is 0.508 e. The zero-order chi connectivity index (χ0) is 18.3. The molecule has 0 radical (unpaired) electrons.